The predicted octanol–water partition coefficient (Wildman–Crippen LogP) is 3.40. The summed E-state index contributed by atoms with van der Waals surface area (Å²) in [7, 11) is 1.55. The van der Waals surface area contributed by atoms with Crippen molar-refractivity contribution in [3.8, 4) is 5.75 Å². The van der Waals surface area contributed by atoms with Crippen LogP contribution in [-0.2, 0) is 0 Å². The van der Waals surface area contributed by atoms with Crippen molar-refractivity contribution in [2.75, 3.05) is 12.4 Å². The monoisotopic (exact) mass is 259 g/mol. The highest BCUT2D eigenvalue weighted by Gasteiger charge is 2.12. The molecule has 0 bridgehead atoms. The summed E-state index contributed by atoms with van der Waals surface area (Å²) in [5.41, 5.74) is 1.50. The van der Waals surface area contributed by atoms with Crippen molar-refractivity contribution >= 4 is 11.6 Å². The molecule has 0 spiro atoms. The molecule has 0 unspecified atom stereocenters. The Morgan fingerprint density at radius 2 is 1.95 bits per heavy atom. The third-order valence-corrected chi connectivity index (χ3v) is 2.81. The minimum Gasteiger partial charge on any atom is -0.497 e. The molecule has 3 nitrogen and oxygen atoms in total. The van der Waals surface area contributed by atoms with Crippen LogP contribution in [-0.4, -0.2) is 13.0 Å². The van der Waals surface area contributed by atoms with Crippen LogP contribution in [0.15, 0.2) is 42.5 Å². The number of benzene rings is 2. The van der Waals surface area contributed by atoms with E-state index in [0.29, 0.717) is 11.4 Å². The Morgan fingerprint density at radius 1 is 1.21 bits per heavy atom. The average molecular weight is 259 g/mol. The Kier molecular flexibility index (Phi) is 3.80. The number of hydrogen-bond donors (Lipinski definition) is 1. The number of aryl methyl sites for hydroxylation is 1. The maximum Gasteiger partial charge on any atom is 0.258 e. The van der Waals surface area contributed by atoms with Crippen molar-refractivity contribution in [2.45, 2.75) is 6.92 Å². The van der Waals surface area contributed by atoms with E-state index in [1.54, 1.807) is 31.4 Å². The van der Waals surface area contributed by atoms with Crippen molar-refractivity contribution < 1.29 is 13.9 Å². The molecule has 0 aromatic heterocycles. The normalized spacial score (nSPS) is 10.1. The largest absolute Gasteiger partial charge is 0.497 e. The van der Waals surface area contributed by atoms with E-state index in [2.05, 4.69) is 5.32 Å². The summed E-state index contributed by atoms with van der Waals surface area (Å²) >= 11 is 0. The first-order valence-corrected chi connectivity index (χ1v) is 5.82. The molecule has 2 aromatic carbocycles. The van der Waals surface area contributed by atoms with E-state index in [4.69, 9.17) is 4.74 Å². The molecule has 98 valence electrons. The third-order valence-electron chi connectivity index (χ3n) is 2.81. The topological polar surface area (TPSA) is 38.3 Å². The highest BCUT2D eigenvalue weighted by molar-refractivity contribution is 6.04. The van der Waals surface area contributed by atoms with Crippen molar-refractivity contribution in [1.82, 2.24) is 0 Å². The number of hydrogen-bond acceptors (Lipinski definition) is 2. The second kappa shape index (κ2) is 5.52. The van der Waals surface area contributed by atoms with Gasteiger partial charge in [-0.15, -0.1) is 0 Å². The molecule has 0 aliphatic carbocycles. The number of ether oxygens (including phenoxy) is 1. The summed E-state index contributed by atoms with van der Waals surface area (Å²) in [4.78, 5) is 12.0. The molecule has 0 atom stereocenters. The molecule has 1 N–H and O–H groups in total. The first-order valence-electron chi connectivity index (χ1n) is 5.82. The van der Waals surface area contributed by atoms with Crippen LogP contribution in [0.5, 0.6) is 5.75 Å². The number of carbonyl (C=O) groups is 1. The lowest BCUT2D eigenvalue weighted by molar-refractivity contribution is 0.102. The summed E-state index contributed by atoms with van der Waals surface area (Å²) in [6.07, 6.45) is 0. The molecule has 0 aliphatic heterocycles. The van der Waals surface area contributed by atoms with Gasteiger partial charge in [0, 0.05) is 11.8 Å². The quantitative estimate of drug-likeness (QED) is 0.917. The van der Waals surface area contributed by atoms with Gasteiger partial charge >= 0.3 is 0 Å². The Balaban J connectivity index is 2.26. The fraction of sp³-hybridized carbons (Fsp3) is 0.133. The van der Waals surface area contributed by atoms with Crippen molar-refractivity contribution in [3.05, 3.63) is 59.4 Å². The molecule has 0 aliphatic rings. The zero-order valence-corrected chi connectivity index (χ0v) is 10.7. The lowest BCUT2D eigenvalue weighted by Gasteiger charge is -2.10. The number of anilines is 1. The molecule has 2 aromatic rings. The maximum atomic E-state index is 13.5. The van der Waals surface area contributed by atoms with Crippen LogP contribution in [0.1, 0.15) is 15.9 Å². The Morgan fingerprint density at radius 3 is 2.63 bits per heavy atom. The fourth-order valence-electron chi connectivity index (χ4n) is 1.70. The lowest BCUT2D eigenvalue weighted by atomic mass is 10.1. The predicted molar refractivity (Wildman–Crippen MR) is 72.1 cm³/mol. The number of carbonyl (C=O) groups excluding carboxylic acids is 1. The molecule has 0 radical (unpaired) electrons. The van der Waals surface area contributed by atoms with E-state index in [-0.39, 0.29) is 5.56 Å². The number of halogens is 1. The van der Waals surface area contributed by atoms with Gasteiger partial charge in [-0.1, -0.05) is 18.2 Å². The van der Waals surface area contributed by atoms with Gasteiger partial charge in [0.15, 0.2) is 0 Å². The summed E-state index contributed by atoms with van der Waals surface area (Å²) in [6.45, 7) is 1.86. The zero-order chi connectivity index (χ0) is 13.8. The summed E-state index contributed by atoms with van der Waals surface area (Å²) in [5, 5.41) is 2.68. The number of rotatable bonds is 3. The molecule has 2 rings (SSSR count). The summed E-state index contributed by atoms with van der Waals surface area (Å²) < 4.78 is 18.6. The van der Waals surface area contributed by atoms with Crippen LogP contribution in [0.2, 0.25) is 0 Å². The Bertz CT molecular complexity index is 611. The van der Waals surface area contributed by atoms with Crippen LogP contribution in [0.25, 0.3) is 0 Å². The Labute approximate surface area is 111 Å². The SMILES string of the molecule is COc1ccc(C)c(NC(=O)c2ccccc2F)c1. The van der Waals surface area contributed by atoms with Gasteiger partial charge in [-0.2, -0.15) is 0 Å². The summed E-state index contributed by atoms with van der Waals surface area (Å²) in [5.74, 6) is -0.385. The Hall–Kier alpha value is -2.36. The molecule has 1 amide bonds. The standard InChI is InChI=1S/C15H14FNO2/c1-10-7-8-11(19-2)9-14(10)17-15(18)12-5-3-4-6-13(12)16/h3-9H,1-2H3,(H,17,18). The average Bonchev–Trinajstić information content (AvgIpc) is 2.41. The molecule has 4 heteroatoms. The van der Waals surface area contributed by atoms with Crippen LogP contribution >= 0.6 is 0 Å². The first-order chi connectivity index (χ1) is 9.11. The van der Waals surface area contributed by atoms with Gasteiger partial charge in [0.1, 0.15) is 11.6 Å². The minimum atomic E-state index is -0.541. The highest BCUT2D eigenvalue weighted by Crippen LogP contribution is 2.22. The van der Waals surface area contributed by atoms with Crippen LogP contribution in [0, 0.1) is 12.7 Å². The zero-order valence-electron chi connectivity index (χ0n) is 10.7. The van der Waals surface area contributed by atoms with E-state index in [0.717, 1.165) is 5.56 Å². The van der Waals surface area contributed by atoms with Gasteiger partial charge in [-0.05, 0) is 30.7 Å². The smallest absolute Gasteiger partial charge is 0.258 e. The first kappa shape index (κ1) is 13.1. The number of nitrogens with one attached hydrogen (secondary N) is 1. The van der Waals surface area contributed by atoms with Crippen molar-refractivity contribution in [2.24, 2.45) is 0 Å². The van der Waals surface area contributed by atoms with Gasteiger partial charge < -0.3 is 10.1 Å². The van der Waals surface area contributed by atoms with Gasteiger partial charge in [0.2, 0.25) is 0 Å². The number of amides is 1. The molecular weight excluding hydrogens is 245 g/mol. The van der Waals surface area contributed by atoms with Crippen LogP contribution < -0.4 is 10.1 Å². The van der Waals surface area contributed by atoms with E-state index >= 15 is 0 Å². The van der Waals surface area contributed by atoms with E-state index in [1.165, 1.54) is 12.1 Å². The van der Waals surface area contributed by atoms with E-state index < -0.39 is 11.7 Å². The molecule has 19 heavy (non-hydrogen) atoms. The minimum absolute atomic E-state index is 0.0183. The fourth-order valence-corrected chi connectivity index (χ4v) is 1.70. The van der Waals surface area contributed by atoms with E-state index in [9.17, 15) is 9.18 Å². The highest BCUT2D eigenvalue weighted by atomic mass is 19.1. The molecular formula is C15H14FNO2. The second-order valence-corrected chi connectivity index (χ2v) is 4.11. The lowest BCUT2D eigenvalue weighted by Crippen LogP contribution is -2.14. The van der Waals surface area contributed by atoms with Crippen molar-refractivity contribution in [3.63, 3.8) is 0 Å². The maximum absolute atomic E-state index is 13.5. The molecule has 0 fully saturated rings. The molecule has 0 heterocycles. The van der Waals surface area contributed by atoms with Gasteiger partial charge in [-0.3, -0.25) is 4.79 Å². The van der Waals surface area contributed by atoms with Crippen LogP contribution in [0.4, 0.5) is 10.1 Å². The third kappa shape index (κ3) is 2.91. The van der Waals surface area contributed by atoms with Gasteiger partial charge in [0.05, 0.1) is 12.7 Å². The summed E-state index contributed by atoms with van der Waals surface area (Å²) in [6, 6.07) is 11.2. The molecule has 0 saturated heterocycles. The van der Waals surface area contributed by atoms with E-state index in [1.807, 2.05) is 13.0 Å². The van der Waals surface area contributed by atoms with Gasteiger partial charge in [0.25, 0.3) is 5.91 Å². The molecule has 0 saturated carbocycles. The number of methoxy groups -OCH3 is 1. The second-order valence-electron chi connectivity index (χ2n) is 4.11. The van der Waals surface area contributed by atoms with Crippen molar-refractivity contribution in [1.29, 1.82) is 0 Å². The van der Waals surface area contributed by atoms with Gasteiger partial charge in [-0.25, -0.2) is 4.39 Å². The van der Waals surface area contributed by atoms with Crippen LogP contribution in [0.3, 0.4) is 0 Å².